The van der Waals surface area contributed by atoms with Crippen molar-refractivity contribution in [3.8, 4) is 0 Å². The van der Waals surface area contributed by atoms with Crippen molar-refractivity contribution < 1.29 is 5.11 Å². The highest BCUT2D eigenvalue weighted by atomic mass is 32.1. The highest BCUT2D eigenvalue weighted by molar-refractivity contribution is 7.80. The first-order valence-corrected chi connectivity index (χ1v) is 6.81. The van der Waals surface area contributed by atoms with Gasteiger partial charge in [-0.05, 0) is 37.1 Å². The fraction of sp³-hybridized carbons (Fsp3) is 0.500. The van der Waals surface area contributed by atoms with E-state index < -0.39 is 0 Å². The van der Waals surface area contributed by atoms with Crippen molar-refractivity contribution in [3.63, 3.8) is 0 Å². The summed E-state index contributed by atoms with van der Waals surface area (Å²) >= 11 is 4.94. The average molecular weight is 264 g/mol. The molecule has 0 spiro atoms. The molecule has 0 saturated heterocycles. The van der Waals surface area contributed by atoms with Gasteiger partial charge in [-0.2, -0.15) is 0 Å². The lowest BCUT2D eigenvalue weighted by atomic mass is 9.91. The van der Waals surface area contributed by atoms with Crippen LogP contribution in [0.2, 0.25) is 0 Å². The van der Waals surface area contributed by atoms with Crippen LogP contribution in [-0.2, 0) is 0 Å². The van der Waals surface area contributed by atoms with Gasteiger partial charge in [-0.1, -0.05) is 25.1 Å². The molecule has 1 aliphatic carbocycles. The second-order valence-electron chi connectivity index (χ2n) is 4.94. The first-order chi connectivity index (χ1) is 8.59. The summed E-state index contributed by atoms with van der Waals surface area (Å²) in [4.78, 5) is 2.58. The van der Waals surface area contributed by atoms with E-state index in [0.29, 0.717) is 4.99 Å². The van der Waals surface area contributed by atoms with Crippen LogP contribution in [-0.4, -0.2) is 29.3 Å². The second-order valence-corrected chi connectivity index (χ2v) is 5.38. The molecule has 4 heteroatoms. The van der Waals surface area contributed by atoms with Crippen molar-refractivity contribution in [3.05, 3.63) is 29.8 Å². The summed E-state index contributed by atoms with van der Waals surface area (Å²) < 4.78 is 0. The molecule has 3 N–H and O–H groups in total. The van der Waals surface area contributed by atoms with E-state index in [-0.39, 0.29) is 12.1 Å². The maximum atomic E-state index is 10.1. The molecule has 0 bridgehead atoms. The number of anilines is 1. The maximum absolute atomic E-state index is 10.1. The van der Waals surface area contributed by atoms with E-state index in [0.717, 1.165) is 30.5 Å². The molecule has 0 aliphatic heterocycles. The van der Waals surface area contributed by atoms with E-state index in [1.165, 1.54) is 6.42 Å². The number of thiocarbonyl (C=S) groups is 1. The Morgan fingerprint density at radius 3 is 2.44 bits per heavy atom. The lowest BCUT2D eigenvalue weighted by Crippen LogP contribution is -2.43. The van der Waals surface area contributed by atoms with Gasteiger partial charge in [0.05, 0.1) is 12.1 Å². The molecule has 0 amide bonds. The van der Waals surface area contributed by atoms with E-state index in [9.17, 15) is 5.11 Å². The fourth-order valence-corrected chi connectivity index (χ4v) is 2.73. The van der Waals surface area contributed by atoms with Crippen LogP contribution >= 0.6 is 12.2 Å². The molecule has 1 fully saturated rings. The molecule has 3 nitrogen and oxygen atoms in total. The fourth-order valence-electron chi connectivity index (χ4n) is 2.60. The van der Waals surface area contributed by atoms with Crippen LogP contribution in [0.25, 0.3) is 0 Å². The summed E-state index contributed by atoms with van der Waals surface area (Å²) in [6.45, 7) is 0. The van der Waals surface area contributed by atoms with Gasteiger partial charge >= 0.3 is 0 Å². The third-order valence-electron chi connectivity index (χ3n) is 3.75. The molecule has 18 heavy (non-hydrogen) atoms. The van der Waals surface area contributed by atoms with Crippen molar-refractivity contribution in [2.45, 2.75) is 37.8 Å². The lowest BCUT2D eigenvalue weighted by molar-refractivity contribution is 0.106. The zero-order chi connectivity index (χ0) is 13.1. The molecular formula is C14H20N2OS. The molecule has 2 rings (SSSR count). The minimum absolute atomic E-state index is 0.217. The van der Waals surface area contributed by atoms with E-state index >= 15 is 0 Å². The highest BCUT2D eigenvalue weighted by Gasteiger charge is 2.26. The van der Waals surface area contributed by atoms with Crippen molar-refractivity contribution in [2.75, 3.05) is 11.9 Å². The minimum Gasteiger partial charge on any atom is -0.391 e. The Kier molecular flexibility index (Phi) is 4.19. The Bertz CT molecular complexity index is 418. The van der Waals surface area contributed by atoms with Gasteiger partial charge in [-0.15, -0.1) is 0 Å². The van der Waals surface area contributed by atoms with E-state index in [1.54, 1.807) is 0 Å². The van der Waals surface area contributed by atoms with Crippen LogP contribution in [0.5, 0.6) is 0 Å². The van der Waals surface area contributed by atoms with Crippen molar-refractivity contribution in [1.29, 1.82) is 0 Å². The SMILES string of the molecule is CN(c1ccc(C(N)=S)cc1)C1CCCCC1O. The second kappa shape index (κ2) is 5.67. The number of likely N-dealkylation sites (N-methyl/N-ethyl adjacent to an activating group) is 1. The number of hydrogen-bond acceptors (Lipinski definition) is 3. The number of rotatable bonds is 3. The molecule has 0 aromatic heterocycles. The predicted octanol–water partition coefficient (Wildman–Crippen LogP) is 2.06. The Balaban J connectivity index is 2.12. The summed E-state index contributed by atoms with van der Waals surface area (Å²) in [5, 5.41) is 10.1. The number of benzene rings is 1. The number of aliphatic hydroxyl groups excluding tert-OH is 1. The highest BCUT2D eigenvalue weighted by Crippen LogP contribution is 2.26. The third-order valence-corrected chi connectivity index (χ3v) is 3.99. The summed E-state index contributed by atoms with van der Waals surface area (Å²) in [6, 6.07) is 8.10. The molecule has 2 unspecified atom stereocenters. The van der Waals surface area contributed by atoms with Crippen LogP contribution < -0.4 is 10.6 Å². The van der Waals surface area contributed by atoms with Crippen molar-refractivity contribution >= 4 is 22.9 Å². The van der Waals surface area contributed by atoms with Crippen LogP contribution in [0.1, 0.15) is 31.2 Å². The molecule has 1 aromatic rings. The smallest absolute Gasteiger partial charge is 0.103 e. The molecule has 1 saturated carbocycles. The zero-order valence-electron chi connectivity index (χ0n) is 10.7. The van der Waals surface area contributed by atoms with Crippen LogP contribution in [0.3, 0.4) is 0 Å². The molecule has 1 aliphatic rings. The average Bonchev–Trinajstić information content (AvgIpc) is 2.38. The van der Waals surface area contributed by atoms with Gasteiger partial charge in [0.15, 0.2) is 0 Å². The summed E-state index contributed by atoms with van der Waals surface area (Å²) in [5.74, 6) is 0. The first kappa shape index (κ1) is 13.3. The van der Waals surface area contributed by atoms with Gasteiger partial charge in [-0.3, -0.25) is 0 Å². The molecule has 0 radical (unpaired) electrons. The van der Waals surface area contributed by atoms with Crippen molar-refractivity contribution in [1.82, 2.24) is 0 Å². The first-order valence-electron chi connectivity index (χ1n) is 6.40. The molecule has 1 aromatic carbocycles. The van der Waals surface area contributed by atoms with E-state index in [2.05, 4.69) is 4.90 Å². The molecular weight excluding hydrogens is 244 g/mol. The molecule has 98 valence electrons. The van der Waals surface area contributed by atoms with Gasteiger partial charge in [0.1, 0.15) is 4.99 Å². The van der Waals surface area contributed by atoms with Crippen LogP contribution in [0.4, 0.5) is 5.69 Å². The quantitative estimate of drug-likeness (QED) is 0.821. The number of nitrogens with two attached hydrogens (primary N) is 1. The van der Waals surface area contributed by atoms with Crippen molar-refractivity contribution in [2.24, 2.45) is 5.73 Å². The monoisotopic (exact) mass is 264 g/mol. The Hall–Kier alpha value is -1.13. The molecule has 0 heterocycles. The number of nitrogens with zero attached hydrogens (tertiary/aromatic N) is 1. The van der Waals surface area contributed by atoms with E-state index in [1.807, 2.05) is 31.3 Å². The topological polar surface area (TPSA) is 49.5 Å². The summed E-state index contributed by atoms with van der Waals surface area (Å²) in [5.41, 5.74) is 7.56. The summed E-state index contributed by atoms with van der Waals surface area (Å²) in [7, 11) is 2.04. The van der Waals surface area contributed by atoms with Gasteiger partial charge in [0, 0.05) is 18.3 Å². The Morgan fingerprint density at radius 2 is 1.89 bits per heavy atom. The van der Waals surface area contributed by atoms with Gasteiger partial charge in [0.2, 0.25) is 0 Å². The standard InChI is InChI=1S/C14H20N2OS/c1-16(12-4-2-3-5-13(12)17)11-8-6-10(7-9-11)14(15)18/h6-9,12-13,17H,2-5H2,1H3,(H2,15,18). The number of hydrogen-bond donors (Lipinski definition) is 2. The van der Waals surface area contributed by atoms with Gasteiger partial charge in [0.25, 0.3) is 0 Å². The summed E-state index contributed by atoms with van der Waals surface area (Å²) in [6.07, 6.45) is 4.05. The van der Waals surface area contributed by atoms with Crippen LogP contribution in [0, 0.1) is 0 Å². The zero-order valence-corrected chi connectivity index (χ0v) is 11.5. The van der Waals surface area contributed by atoms with Gasteiger partial charge < -0.3 is 15.7 Å². The third kappa shape index (κ3) is 2.82. The van der Waals surface area contributed by atoms with E-state index in [4.69, 9.17) is 18.0 Å². The van der Waals surface area contributed by atoms with Gasteiger partial charge in [-0.25, -0.2) is 0 Å². The Morgan fingerprint density at radius 1 is 1.28 bits per heavy atom. The largest absolute Gasteiger partial charge is 0.391 e. The maximum Gasteiger partial charge on any atom is 0.103 e. The lowest BCUT2D eigenvalue weighted by Gasteiger charge is -2.36. The number of aliphatic hydroxyl groups is 1. The Labute approximate surface area is 114 Å². The minimum atomic E-state index is -0.223. The van der Waals surface area contributed by atoms with Crippen LogP contribution in [0.15, 0.2) is 24.3 Å². The predicted molar refractivity (Wildman–Crippen MR) is 79.0 cm³/mol. The molecule has 2 atom stereocenters. The normalized spacial score (nSPS) is 23.7.